The molecule has 0 aliphatic heterocycles. The number of ether oxygens (including phenoxy) is 1. The topological polar surface area (TPSA) is 79.5 Å². The third-order valence-corrected chi connectivity index (χ3v) is 4.91. The number of hydrazine groups is 1. The van der Waals surface area contributed by atoms with Crippen LogP contribution < -0.4 is 20.9 Å². The summed E-state index contributed by atoms with van der Waals surface area (Å²) in [4.78, 5) is 24.6. The molecule has 0 spiro atoms. The lowest BCUT2D eigenvalue weighted by molar-refractivity contribution is 0.0934. The molecule has 0 fully saturated rings. The van der Waals surface area contributed by atoms with Crippen LogP contribution in [0.15, 0.2) is 46.9 Å². The van der Waals surface area contributed by atoms with Gasteiger partial charge in [0.05, 0.1) is 10.6 Å². The quantitative estimate of drug-likeness (QED) is 0.433. The molecule has 0 unspecified atom stereocenters. The normalized spacial score (nSPS) is 11.0. The molecular weight excluding hydrogens is 466 g/mol. The number of benzene rings is 2. The lowest BCUT2D eigenvalue weighted by Gasteiger charge is -2.19. The SMILES string of the molecule is CC(C)Oc1ccc(C(=O)NC(=S)NNC(=O)c2ccc(C(C)(C)C)cc2)cc1Br. The number of hydrogen-bond donors (Lipinski definition) is 3. The Kier molecular flexibility index (Phi) is 7.97. The fourth-order valence-corrected chi connectivity index (χ4v) is 3.12. The molecule has 2 aromatic rings. The summed E-state index contributed by atoms with van der Waals surface area (Å²) in [6, 6.07) is 12.3. The second-order valence-electron chi connectivity index (χ2n) is 8.00. The van der Waals surface area contributed by atoms with Gasteiger partial charge in [-0.3, -0.25) is 25.8 Å². The first kappa shape index (κ1) is 23.8. The number of hydrogen-bond acceptors (Lipinski definition) is 4. The first-order chi connectivity index (χ1) is 14.0. The van der Waals surface area contributed by atoms with Crippen LogP contribution in [-0.4, -0.2) is 23.0 Å². The van der Waals surface area contributed by atoms with Gasteiger partial charge >= 0.3 is 0 Å². The van der Waals surface area contributed by atoms with E-state index in [0.29, 0.717) is 21.3 Å². The summed E-state index contributed by atoms with van der Waals surface area (Å²) in [5.41, 5.74) is 7.04. The zero-order valence-electron chi connectivity index (χ0n) is 17.6. The number of carbonyl (C=O) groups is 2. The molecule has 6 nitrogen and oxygen atoms in total. The van der Waals surface area contributed by atoms with Gasteiger partial charge in [0.2, 0.25) is 0 Å². The molecule has 2 aromatic carbocycles. The van der Waals surface area contributed by atoms with Crippen molar-refractivity contribution in [2.24, 2.45) is 0 Å². The van der Waals surface area contributed by atoms with Gasteiger partial charge in [0, 0.05) is 11.1 Å². The second-order valence-corrected chi connectivity index (χ2v) is 9.26. The van der Waals surface area contributed by atoms with Crippen molar-refractivity contribution in [3.63, 3.8) is 0 Å². The van der Waals surface area contributed by atoms with Crippen molar-refractivity contribution in [2.45, 2.75) is 46.1 Å². The fourth-order valence-electron chi connectivity index (χ4n) is 2.51. The molecule has 0 aliphatic carbocycles. The molecular formula is C22H26BrN3O3S. The largest absolute Gasteiger partial charge is 0.490 e. The third-order valence-electron chi connectivity index (χ3n) is 4.09. The van der Waals surface area contributed by atoms with E-state index in [1.165, 1.54) is 0 Å². The predicted molar refractivity (Wildman–Crippen MR) is 126 cm³/mol. The minimum Gasteiger partial charge on any atom is -0.490 e. The Labute approximate surface area is 190 Å². The monoisotopic (exact) mass is 491 g/mol. The zero-order chi connectivity index (χ0) is 22.5. The van der Waals surface area contributed by atoms with E-state index in [-0.39, 0.29) is 22.5 Å². The van der Waals surface area contributed by atoms with Gasteiger partial charge in [0.25, 0.3) is 11.8 Å². The molecule has 2 amide bonds. The molecule has 0 heterocycles. The Hall–Kier alpha value is -2.45. The molecule has 0 saturated carbocycles. The highest BCUT2D eigenvalue weighted by atomic mass is 79.9. The molecule has 0 radical (unpaired) electrons. The summed E-state index contributed by atoms with van der Waals surface area (Å²) >= 11 is 8.48. The van der Waals surface area contributed by atoms with Crippen LogP contribution in [0, 0.1) is 0 Å². The maximum Gasteiger partial charge on any atom is 0.269 e. The Morgan fingerprint density at radius 3 is 2.10 bits per heavy atom. The average molecular weight is 492 g/mol. The summed E-state index contributed by atoms with van der Waals surface area (Å²) in [5.74, 6) is -0.120. The van der Waals surface area contributed by atoms with Crippen molar-refractivity contribution >= 4 is 45.1 Å². The fraction of sp³-hybridized carbons (Fsp3) is 0.318. The Morgan fingerprint density at radius 1 is 0.967 bits per heavy atom. The lowest BCUT2D eigenvalue weighted by Crippen LogP contribution is -2.48. The maximum absolute atomic E-state index is 12.4. The van der Waals surface area contributed by atoms with Gasteiger partial charge in [0.1, 0.15) is 5.75 Å². The molecule has 0 saturated heterocycles. The minimum absolute atomic E-state index is 0.00716. The molecule has 3 N–H and O–H groups in total. The van der Waals surface area contributed by atoms with E-state index < -0.39 is 5.91 Å². The van der Waals surface area contributed by atoms with Crippen molar-refractivity contribution < 1.29 is 14.3 Å². The van der Waals surface area contributed by atoms with Gasteiger partial charge in [-0.15, -0.1) is 0 Å². The van der Waals surface area contributed by atoms with E-state index in [2.05, 4.69) is 52.9 Å². The van der Waals surface area contributed by atoms with Gasteiger partial charge in [-0.05, 0) is 83.3 Å². The number of carbonyl (C=O) groups excluding carboxylic acids is 2. The van der Waals surface area contributed by atoms with E-state index in [4.69, 9.17) is 17.0 Å². The Bertz CT molecular complexity index is 938. The first-order valence-corrected chi connectivity index (χ1v) is 10.7. The summed E-state index contributed by atoms with van der Waals surface area (Å²) in [6.45, 7) is 10.2. The van der Waals surface area contributed by atoms with E-state index in [1.54, 1.807) is 30.3 Å². The third kappa shape index (κ3) is 6.81. The smallest absolute Gasteiger partial charge is 0.269 e. The number of thiocarbonyl (C=S) groups is 1. The first-order valence-electron chi connectivity index (χ1n) is 9.46. The molecule has 30 heavy (non-hydrogen) atoms. The Balaban J connectivity index is 1.90. The average Bonchev–Trinajstić information content (AvgIpc) is 2.66. The number of halogens is 1. The van der Waals surface area contributed by atoms with Crippen LogP contribution in [0.4, 0.5) is 0 Å². The van der Waals surface area contributed by atoms with Gasteiger partial charge in [-0.2, -0.15) is 0 Å². The summed E-state index contributed by atoms with van der Waals surface area (Å²) < 4.78 is 6.29. The molecule has 2 rings (SSSR count). The van der Waals surface area contributed by atoms with E-state index in [1.807, 2.05) is 26.0 Å². The van der Waals surface area contributed by atoms with Gasteiger partial charge < -0.3 is 4.74 Å². The predicted octanol–water partition coefficient (Wildman–Crippen LogP) is 4.48. The van der Waals surface area contributed by atoms with Crippen LogP contribution in [0.5, 0.6) is 5.75 Å². The molecule has 0 bridgehead atoms. The van der Waals surface area contributed by atoms with Crippen LogP contribution in [0.1, 0.15) is 60.9 Å². The van der Waals surface area contributed by atoms with Crippen LogP contribution in [0.2, 0.25) is 0 Å². The van der Waals surface area contributed by atoms with Crippen LogP contribution >= 0.6 is 28.1 Å². The zero-order valence-corrected chi connectivity index (χ0v) is 20.0. The lowest BCUT2D eigenvalue weighted by atomic mass is 9.87. The van der Waals surface area contributed by atoms with E-state index in [9.17, 15) is 9.59 Å². The Morgan fingerprint density at radius 2 is 1.57 bits per heavy atom. The van der Waals surface area contributed by atoms with E-state index in [0.717, 1.165) is 5.56 Å². The van der Waals surface area contributed by atoms with Crippen LogP contribution in [-0.2, 0) is 5.41 Å². The summed E-state index contributed by atoms with van der Waals surface area (Å²) in [6.07, 6.45) is 0.0195. The molecule has 0 aromatic heterocycles. The van der Waals surface area contributed by atoms with Crippen molar-refractivity contribution in [3.8, 4) is 5.75 Å². The van der Waals surface area contributed by atoms with Gasteiger partial charge in [-0.1, -0.05) is 32.9 Å². The van der Waals surface area contributed by atoms with Crippen LogP contribution in [0.3, 0.4) is 0 Å². The van der Waals surface area contributed by atoms with E-state index >= 15 is 0 Å². The highest BCUT2D eigenvalue weighted by molar-refractivity contribution is 9.10. The molecule has 8 heteroatoms. The summed E-state index contributed by atoms with van der Waals surface area (Å²) in [5, 5.41) is 2.51. The van der Waals surface area contributed by atoms with Crippen LogP contribution in [0.25, 0.3) is 0 Å². The number of rotatable bonds is 4. The standard InChI is InChI=1S/C22H26BrN3O3S/c1-13(2)29-18-11-8-15(12-17(18)23)19(27)24-21(30)26-25-20(28)14-6-9-16(10-7-14)22(3,4)5/h6-13H,1-5H3,(H,25,28)(H2,24,26,27,30). The molecule has 160 valence electrons. The second kappa shape index (κ2) is 10.0. The van der Waals surface area contributed by atoms with Crippen molar-refractivity contribution in [1.29, 1.82) is 0 Å². The molecule has 0 atom stereocenters. The van der Waals surface area contributed by atoms with Crippen molar-refractivity contribution in [3.05, 3.63) is 63.6 Å². The minimum atomic E-state index is -0.409. The number of nitrogens with one attached hydrogen (secondary N) is 3. The maximum atomic E-state index is 12.4. The summed E-state index contributed by atoms with van der Waals surface area (Å²) in [7, 11) is 0. The highest BCUT2D eigenvalue weighted by Crippen LogP contribution is 2.27. The van der Waals surface area contributed by atoms with Gasteiger partial charge in [-0.25, -0.2) is 0 Å². The molecule has 0 aliphatic rings. The van der Waals surface area contributed by atoms with Crippen molar-refractivity contribution in [2.75, 3.05) is 0 Å². The number of amides is 2. The highest BCUT2D eigenvalue weighted by Gasteiger charge is 2.15. The van der Waals surface area contributed by atoms with Gasteiger partial charge in [0.15, 0.2) is 5.11 Å². The van der Waals surface area contributed by atoms with Crippen molar-refractivity contribution in [1.82, 2.24) is 16.2 Å².